The average Bonchev–Trinajstić information content (AvgIpc) is 2.48. The molecule has 1 aliphatic heterocycles. The van der Waals surface area contributed by atoms with E-state index in [1.165, 1.54) is 11.1 Å². The van der Waals surface area contributed by atoms with Crippen LogP contribution in [0, 0.1) is 13.8 Å². The molecule has 4 heteroatoms. The van der Waals surface area contributed by atoms with Gasteiger partial charge in [0, 0.05) is 25.7 Å². The topological polar surface area (TPSA) is 41.1 Å². The minimum Gasteiger partial charge on any atom is -0.373 e. The van der Waals surface area contributed by atoms with E-state index in [1.54, 1.807) is 0 Å². The summed E-state index contributed by atoms with van der Waals surface area (Å²) < 4.78 is 0. The van der Waals surface area contributed by atoms with Crippen LogP contribution in [0.2, 0.25) is 0 Å². The molecule has 0 spiro atoms. The summed E-state index contributed by atoms with van der Waals surface area (Å²) in [5.41, 5.74) is 3.99. The highest BCUT2D eigenvalue weighted by Gasteiger charge is 2.20. The first kappa shape index (κ1) is 12.9. The average molecular weight is 268 g/mol. The normalized spacial score (nSPS) is 14.1. The maximum absolute atomic E-state index is 4.65. The van der Waals surface area contributed by atoms with Gasteiger partial charge in [0.1, 0.15) is 17.5 Å². The Hall–Kier alpha value is -2.10. The molecule has 0 fully saturated rings. The van der Waals surface area contributed by atoms with Gasteiger partial charge in [-0.2, -0.15) is 0 Å². The van der Waals surface area contributed by atoms with Crippen molar-refractivity contribution in [2.45, 2.75) is 26.8 Å². The number of hydrogen-bond acceptors (Lipinski definition) is 4. The largest absolute Gasteiger partial charge is 0.373 e. The number of rotatable bonds is 2. The summed E-state index contributed by atoms with van der Waals surface area (Å²) in [7, 11) is 1.91. The van der Waals surface area contributed by atoms with Crippen molar-refractivity contribution in [2.75, 3.05) is 23.8 Å². The van der Waals surface area contributed by atoms with Gasteiger partial charge in [0.2, 0.25) is 0 Å². The standard InChI is InChI=1S/C16H20N4/c1-11-15(17-3)18-12(2)19-16(11)20-9-8-13-6-4-5-7-14(13)10-20/h4-7H,8-10H2,1-3H3,(H,17,18,19). The number of anilines is 2. The van der Waals surface area contributed by atoms with Gasteiger partial charge in [-0.25, -0.2) is 9.97 Å². The van der Waals surface area contributed by atoms with Gasteiger partial charge < -0.3 is 10.2 Å². The SMILES string of the molecule is CNc1nc(C)nc(N2CCc3ccccc3C2)c1C. The molecule has 2 aromatic rings. The molecule has 20 heavy (non-hydrogen) atoms. The summed E-state index contributed by atoms with van der Waals surface area (Å²) in [6.07, 6.45) is 1.08. The summed E-state index contributed by atoms with van der Waals surface area (Å²) in [5, 5.41) is 3.16. The van der Waals surface area contributed by atoms with E-state index in [1.807, 2.05) is 14.0 Å². The molecule has 0 aliphatic carbocycles. The molecule has 2 heterocycles. The minimum atomic E-state index is 0.814. The third kappa shape index (κ3) is 2.22. The molecule has 0 saturated heterocycles. The number of nitrogens with zero attached hydrogens (tertiary/aromatic N) is 3. The maximum atomic E-state index is 4.65. The summed E-state index contributed by atoms with van der Waals surface area (Å²) in [4.78, 5) is 11.4. The van der Waals surface area contributed by atoms with E-state index in [4.69, 9.17) is 0 Å². The van der Waals surface area contributed by atoms with Crippen LogP contribution < -0.4 is 10.2 Å². The van der Waals surface area contributed by atoms with E-state index in [0.717, 1.165) is 42.5 Å². The maximum Gasteiger partial charge on any atom is 0.137 e. The monoisotopic (exact) mass is 268 g/mol. The predicted molar refractivity (Wildman–Crippen MR) is 82.2 cm³/mol. The van der Waals surface area contributed by atoms with Crippen molar-refractivity contribution in [3.8, 4) is 0 Å². The Labute approximate surface area is 119 Å². The zero-order chi connectivity index (χ0) is 14.1. The van der Waals surface area contributed by atoms with Crippen LogP contribution in [0.4, 0.5) is 11.6 Å². The van der Waals surface area contributed by atoms with Crippen LogP contribution in [0.3, 0.4) is 0 Å². The highest BCUT2D eigenvalue weighted by atomic mass is 15.2. The number of benzene rings is 1. The smallest absolute Gasteiger partial charge is 0.137 e. The zero-order valence-electron chi connectivity index (χ0n) is 12.3. The van der Waals surface area contributed by atoms with Crippen molar-refractivity contribution in [1.29, 1.82) is 0 Å². The molecule has 4 nitrogen and oxygen atoms in total. The number of fused-ring (bicyclic) bond motifs is 1. The summed E-state index contributed by atoms with van der Waals surface area (Å²) in [5.74, 6) is 2.79. The van der Waals surface area contributed by atoms with E-state index in [2.05, 4.69) is 51.4 Å². The van der Waals surface area contributed by atoms with Crippen molar-refractivity contribution in [1.82, 2.24) is 9.97 Å². The van der Waals surface area contributed by atoms with Crippen LogP contribution in [0.5, 0.6) is 0 Å². The van der Waals surface area contributed by atoms with Crippen LogP contribution in [0.25, 0.3) is 0 Å². The summed E-state index contributed by atoms with van der Waals surface area (Å²) in [6.45, 7) is 5.97. The minimum absolute atomic E-state index is 0.814. The first-order chi connectivity index (χ1) is 9.69. The zero-order valence-corrected chi connectivity index (χ0v) is 12.3. The summed E-state index contributed by atoms with van der Waals surface area (Å²) in [6, 6.07) is 8.67. The number of aryl methyl sites for hydroxylation is 1. The lowest BCUT2D eigenvalue weighted by molar-refractivity contribution is 0.714. The fourth-order valence-electron chi connectivity index (χ4n) is 2.84. The Morgan fingerprint density at radius 1 is 1.10 bits per heavy atom. The van der Waals surface area contributed by atoms with Crippen LogP contribution in [0.15, 0.2) is 24.3 Å². The third-order valence-electron chi connectivity index (χ3n) is 3.90. The Morgan fingerprint density at radius 3 is 2.60 bits per heavy atom. The Kier molecular flexibility index (Phi) is 3.30. The molecule has 0 radical (unpaired) electrons. The molecule has 104 valence electrons. The predicted octanol–water partition coefficient (Wildman–Crippen LogP) is 2.70. The Morgan fingerprint density at radius 2 is 1.85 bits per heavy atom. The molecular weight excluding hydrogens is 248 g/mol. The van der Waals surface area contributed by atoms with Crippen molar-refractivity contribution in [2.24, 2.45) is 0 Å². The van der Waals surface area contributed by atoms with Gasteiger partial charge in [0.05, 0.1) is 0 Å². The Bertz CT molecular complexity index is 636. The van der Waals surface area contributed by atoms with E-state index >= 15 is 0 Å². The molecule has 1 N–H and O–H groups in total. The van der Waals surface area contributed by atoms with E-state index in [-0.39, 0.29) is 0 Å². The lowest BCUT2D eigenvalue weighted by atomic mass is 10.00. The molecule has 0 unspecified atom stereocenters. The van der Waals surface area contributed by atoms with E-state index in [0.29, 0.717) is 0 Å². The van der Waals surface area contributed by atoms with Crippen LogP contribution in [0.1, 0.15) is 22.5 Å². The second-order valence-corrected chi connectivity index (χ2v) is 5.26. The number of nitrogens with one attached hydrogen (secondary N) is 1. The van der Waals surface area contributed by atoms with Crippen molar-refractivity contribution < 1.29 is 0 Å². The van der Waals surface area contributed by atoms with E-state index in [9.17, 15) is 0 Å². The molecule has 1 aromatic carbocycles. The fourth-order valence-corrected chi connectivity index (χ4v) is 2.84. The van der Waals surface area contributed by atoms with Crippen LogP contribution in [-0.2, 0) is 13.0 Å². The van der Waals surface area contributed by atoms with Crippen LogP contribution >= 0.6 is 0 Å². The van der Waals surface area contributed by atoms with Gasteiger partial charge >= 0.3 is 0 Å². The molecule has 0 saturated carbocycles. The molecule has 1 aliphatic rings. The number of hydrogen-bond donors (Lipinski definition) is 1. The molecule has 0 bridgehead atoms. The first-order valence-electron chi connectivity index (χ1n) is 7.03. The molecule has 0 atom stereocenters. The van der Waals surface area contributed by atoms with Crippen LogP contribution in [-0.4, -0.2) is 23.6 Å². The van der Waals surface area contributed by atoms with E-state index < -0.39 is 0 Å². The summed E-state index contributed by atoms with van der Waals surface area (Å²) >= 11 is 0. The molecule has 3 rings (SSSR count). The van der Waals surface area contributed by atoms with Gasteiger partial charge in [-0.1, -0.05) is 24.3 Å². The number of aromatic nitrogens is 2. The highest BCUT2D eigenvalue weighted by Crippen LogP contribution is 2.28. The third-order valence-corrected chi connectivity index (χ3v) is 3.90. The first-order valence-corrected chi connectivity index (χ1v) is 7.03. The lowest BCUT2D eigenvalue weighted by Crippen LogP contribution is -2.32. The van der Waals surface area contributed by atoms with Crippen molar-refractivity contribution in [3.05, 3.63) is 46.8 Å². The van der Waals surface area contributed by atoms with Gasteiger partial charge in [-0.15, -0.1) is 0 Å². The lowest BCUT2D eigenvalue weighted by Gasteiger charge is -2.31. The molecular formula is C16H20N4. The second-order valence-electron chi connectivity index (χ2n) is 5.26. The van der Waals surface area contributed by atoms with Gasteiger partial charge in [-0.05, 0) is 31.4 Å². The van der Waals surface area contributed by atoms with Crippen molar-refractivity contribution >= 4 is 11.6 Å². The Balaban J connectivity index is 1.97. The highest BCUT2D eigenvalue weighted by molar-refractivity contribution is 5.59. The molecule has 1 aromatic heterocycles. The second kappa shape index (κ2) is 5.12. The quantitative estimate of drug-likeness (QED) is 0.909. The molecule has 0 amide bonds. The van der Waals surface area contributed by atoms with Gasteiger partial charge in [0.15, 0.2) is 0 Å². The van der Waals surface area contributed by atoms with Crippen molar-refractivity contribution in [3.63, 3.8) is 0 Å². The van der Waals surface area contributed by atoms with Gasteiger partial charge in [0.25, 0.3) is 0 Å². The fraction of sp³-hybridized carbons (Fsp3) is 0.375. The van der Waals surface area contributed by atoms with Gasteiger partial charge in [-0.3, -0.25) is 0 Å².